The molecule has 3 atom stereocenters. The molecule has 0 heterocycles. The lowest BCUT2D eigenvalue weighted by atomic mass is 10.0. The molecule has 0 radical (unpaired) electrons. The number of aliphatic hydroxyl groups excluding tert-OH is 3. The number of carbonyl (C=O) groups excluding carboxylic acids is 1. The Kier molecular flexibility index (Phi) is 50.0. The molecule has 3 unspecified atom stereocenters. The van der Waals surface area contributed by atoms with E-state index in [2.05, 4.69) is 43.5 Å². The summed E-state index contributed by atoms with van der Waals surface area (Å²) in [5.41, 5.74) is 0. The second-order valence-electron chi connectivity index (χ2n) is 18.8. The average molecular weight is 858 g/mol. The zero-order valence-corrected chi connectivity index (χ0v) is 41.1. The second kappa shape index (κ2) is 51.2. The van der Waals surface area contributed by atoms with Crippen LogP contribution in [0.4, 0.5) is 0 Å². The van der Waals surface area contributed by atoms with E-state index in [1.807, 2.05) is 6.08 Å². The van der Waals surface area contributed by atoms with Crippen molar-refractivity contribution in [3.8, 4) is 0 Å². The zero-order valence-electron chi connectivity index (χ0n) is 41.1. The Morgan fingerprint density at radius 1 is 0.410 bits per heavy atom. The molecule has 5 heteroatoms. The molecule has 0 fully saturated rings. The van der Waals surface area contributed by atoms with Crippen molar-refractivity contribution in [2.75, 3.05) is 6.61 Å². The quantitative estimate of drug-likeness (QED) is 0.0362. The van der Waals surface area contributed by atoms with Gasteiger partial charge in [0.2, 0.25) is 5.91 Å². The minimum Gasteiger partial charge on any atom is -0.394 e. The molecule has 0 aromatic carbocycles. The first-order valence-corrected chi connectivity index (χ1v) is 27.3. The Morgan fingerprint density at radius 3 is 1.03 bits per heavy atom. The Bertz CT molecular complexity index is 947. The van der Waals surface area contributed by atoms with Crippen LogP contribution in [-0.2, 0) is 4.79 Å². The van der Waals surface area contributed by atoms with E-state index in [1.54, 1.807) is 6.08 Å². The third-order valence-corrected chi connectivity index (χ3v) is 12.7. The van der Waals surface area contributed by atoms with Crippen LogP contribution in [0, 0.1) is 0 Å². The van der Waals surface area contributed by atoms with Gasteiger partial charge in [0.15, 0.2) is 0 Å². The van der Waals surface area contributed by atoms with Crippen LogP contribution in [0.15, 0.2) is 36.5 Å². The maximum atomic E-state index is 12.5. The topological polar surface area (TPSA) is 89.8 Å². The van der Waals surface area contributed by atoms with E-state index >= 15 is 0 Å². The zero-order chi connectivity index (χ0) is 44.4. The van der Waals surface area contributed by atoms with Crippen molar-refractivity contribution in [2.45, 2.75) is 308 Å². The van der Waals surface area contributed by atoms with Gasteiger partial charge in [0.25, 0.3) is 0 Å². The summed E-state index contributed by atoms with van der Waals surface area (Å²) in [6.45, 7) is 4.20. The van der Waals surface area contributed by atoms with Gasteiger partial charge >= 0.3 is 0 Å². The largest absolute Gasteiger partial charge is 0.394 e. The molecule has 360 valence electrons. The van der Waals surface area contributed by atoms with Crippen LogP contribution in [0.25, 0.3) is 0 Å². The second-order valence-corrected chi connectivity index (χ2v) is 18.8. The molecule has 5 nitrogen and oxygen atoms in total. The van der Waals surface area contributed by atoms with Gasteiger partial charge in [0, 0.05) is 0 Å². The maximum Gasteiger partial charge on any atom is 0.249 e. The average Bonchev–Trinajstić information content (AvgIpc) is 3.26. The lowest BCUT2D eigenvalue weighted by Crippen LogP contribution is -2.48. The molecule has 0 aliphatic heterocycles. The predicted octanol–water partition coefficient (Wildman–Crippen LogP) is 16.7. The SMILES string of the molecule is CCCCCCCCCCC/C=C\C/C=C\CCCCCCCCCCCCCCCCCCC(O)C(=O)NC(CO)C(O)/C=C/CCCCCCCCCCCCCCC. The van der Waals surface area contributed by atoms with Gasteiger partial charge < -0.3 is 20.6 Å². The van der Waals surface area contributed by atoms with Crippen LogP contribution < -0.4 is 5.32 Å². The van der Waals surface area contributed by atoms with Crippen LogP contribution in [-0.4, -0.2) is 46.1 Å². The third kappa shape index (κ3) is 46.4. The molecule has 0 saturated carbocycles. The van der Waals surface area contributed by atoms with Gasteiger partial charge in [-0.2, -0.15) is 0 Å². The van der Waals surface area contributed by atoms with E-state index < -0.39 is 24.2 Å². The molecule has 0 aliphatic carbocycles. The lowest BCUT2D eigenvalue weighted by Gasteiger charge is -2.21. The highest BCUT2D eigenvalue weighted by atomic mass is 16.3. The number of hydrogen-bond donors (Lipinski definition) is 4. The van der Waals surface area contributed by atoms with E-state index in [9.17, 15) is 20.1 Å². The van der Waals surface area contributed by atoms with Gasteiger partial charge in [-0.3, -0.25) is 4.79 Å². The van der Waals surface area contributed by atoms with Crippen LogP contribution in [0.5, 0.6) is 0 Å². The predicted molar refractivity (Wildman–Crippen MR) is 268 cm³/mol. The van der Waals surface area contributed by atoms with E-state index in [0.717, 1.165) is 38.5 Å². The summed E-state index contributed by atoms with van der Waals surface area (Å²) in [7, 11) is 0. The van der Waals surface area contributed by atoms with Crippen molar-refractivity contribution in [1.29, 1.82) is 0 Å². The third-order valence-electron chi connectivity index (χ3n) is 12.7. The Balaban J connectivity index is 3.53. The number of hydrogen-bond acceptors (Lipinski definition) is 4. The van der Waals surface area contributed by atoms with Crippen molar-refractivity contribution in [3.05, 3.63) is 36.5 Å². The van der Waals surface area contributed by atoms with Crippen molar-refractivity contribution >= 4 is 5.91 Å². The lowest BCUT2D eigenvalue weighted by molar-refractivity contribution is -0.131. The van der Waals surface area contributed by atoms with Crippen LogP contribution >= 0.6 is 0 Å². The van der Waals surface area contributed by atoms with E-state index in [1.165, 1.54) is 231 Å². The molecule has 0 aromatic rings. The molecular weight excluding hydrogens is 751 g/mol. The summed E-state index contributed by atoms with van der Waals surface area (Å²) >= 11 is 0. The van der Waals surface area contributed by atoms with Crippen LogP contribution in [0.3, 0.4) is 0 Å². The minimum atomic E-state index is -1.10. The number of aliphatic hydroxyl groups is 3. The highest BCUT2D eigenvalue weighted by Crippen LogP contribution is 2.17. The fourth-order valence-electron chi connectivity index (χ4n) is 8.45. The molecule has 0 saturated heterocycles. The molecule has 0 spiro atoms. The standard InChI is InChI=1S/C56H107NO4/c1-3-5-7-9-11-13-15-17-19-20-21-22-23-24-25-26-27-28-29-30-31-32-33-34-35-37-39-41-43-45-47-49-51-55(60)56(61)57-53(52-58)54(59)50-48-46-44-42-40-38-36-18-16-14-12-10-8-6-4-2/h21-22,24-25,48,50,53-55,58-60H,3-20,23,26-47,49,51-52H2,1-2H3,(H,57,61)/b22-21-,25-24-,50-48+. The van der Waals surface area contributed by atoms with Gasteiger partial charge in [0.1, 0.15) is 6.10 Å². The summed E-state index contributed by atoms with van der Waals surface area (Å²) in [6, 6.07) is -0.797. The minimum absolute atomic E-state index is 0.362. The van der Waals surface area contributed by atoms with E-state index in [0.29, 0.717) is 6.42 Å². The Hall–Kier alpha value is -1.43. The molecule has 1 amide bonds. The first-order valence-electron chi connectivity index (χ1n) is 27.3. The number of nitrogens with one attached hydrogen (secondary N) is 1. The molecule has 0 aromatic heterocycles. The van der Waals surface area contributed by atoms with Crippen molar-refractivity contribution in [1.82, 2.24) is 5.32 Å². The van der Waals surface area contributed by atoms with Crippen molar-refractivity contribution in [2.24, 2.45) is 0 Å². The highest BCUT2D eigenvalue weighted by molar-refractivity contribution is 5.80. The van der Waals surface area contributed by atoms with Gasteiger partial charge in [0.05, 0.1) is 18.8 Å². The van der Waals surface area contributed by atoms with Gasteiger partial charge in [-0.25, -0.2) is 0 Å². The molecular formula is C56H107NO4. The molecule has 61 heavy (non-hydrogen) atoms. The summed E-state index contributed by atoms with van der Waals surface area (Å²) in [5.74, 6) is -0.500. The maximum absolute atomic E-state index is 12.5. The fraction of sp³-hybridized carbons (Fsp3) is 0.875. The molecule has 4 N–H and O–H groups in total. The summed E-state index contributed by atoms with van der Waals surface area (Å²) < 4.78 is 0. The first kappa shape index (κ1) is 59.6. The van der Waals surface area contributed by atoms with Gasteiger partial charge in [-0.05, 0) is 51.4 Å². The monoisotopic (exact) mass is 858 g/mol. The summed E-state index contributed by atoms with van der Waals surface area (Å²) in [4.78, 5) is 12.5. The number of rotatable bonds is 50. The number of allylic oxidation sites excluding steroid dienone is 5. The highest BCUT2D eigenvalue weighted by Gasteiger charge is 2.22. The first-order chi connectivity index (χ1) is 30.1. The smallest absolute Gasteiger partial charge is 0.249 e. The van der Waals surface area contributed by atoms with Gasteiger partial charge in [-0.15, -0.1) is 0 Å². The van der Waals surface area contributed by atoms with Crippen LogP contribution in [0.2, 0.25) is 0 Å². The number of unbranched alkanes of at least 4 members (excludes halogenated alkanes) is 38. The fourth-order valence-corrected chi connectivity index (χ4v) is 8.45. The van der Waals surface area contributed by atoms with E-state index in [4.69, 9.17) is 0 Å². The Labute approximate surface area is 381 Å². The normalized spacial score (nSPS) is 13.6. The summed E-state index contributed by atoms with van der Waals surface area (Å²) in [5, 5.41) is 33.3. The number of amides is 1. The van der Waals surface area contributed by atoms with Crippen molar-refractivity contribution < 1.29 is 20.1 Å². The summed E-state index contributed by atoms with van der Waals surface area (Å²) in [6.07, 6.45) is 66.5. The van der Waals surface area contributed by atoms with Gasteiger partial charge in [-0.1, -0.05) is 275 Å². The van der Waals surface area contributed by atoms with E-state index in [-0.39, 0.29) is 6.61 Å². The molecule has 0 bridgehead atoms. The molecule has 0 aliphatic rings. The molecule has 0 rings (SSSR count). The van der Waals surface area contributed by atoms with Crippen LogP contribution in [0.1, 0.15) is 290 Å². The Morgan fingerprint density at radius 2 is 0.705 bits per heavy atom. The number of carbonyl (C=O) groups is 1. The van der Waals surface area contributed by atoms with Crippen molar-refractivity contribution in [3.63, 3.8) is 0 Å².